The number of hydrogen-bond acceptors (Lipinski definition) is 2. The van der Waals surface area contributed by atoms with Crippen molar-refractivity contribution in [3.05, 3.63) is 33.8 Å². The molecule has 1 aromatic rings. The zero-order chi connectivity index (χ0) is 12.6. The molecule has 1 aliphatic carbocycles. The van der Waals surface area contributed by atoms with Crippen LogP contribution in [0, 0.1) is 0 Å². The van der Waals surface area contributed by atoms with Crippen molar-refractivity contribution in [3.63, 3.8) is 0 Å². The molecule has 2 rings (SSSR count). The molecule has 0 saturated carbocycles. The van der Waals surface area contributed by atoms with E-state index in [2.05, 4.69) is 33.4 Å². The maximum Gasteiger partial charge on any atom is 0.237 e. The van der Waals surface area contributed by atoms with E-state index in [0.717, 1.165) is 17.3 Å². The molecule has 1 amide bonds. The summed E-state index contributed by atoms with van der Waals surface area (Å²) in [7, 11) is 0. The van der Waals surface area contributed by atoms with E-state index in [1.54, 1.807) is 0 Å². The van der Waals surface area contributed by atoms with Gasteiger partial charge in [-0.05, 0) is 49.9 Å². The third-order valence-corrected chi connectivity index (χ3v) is 3.83. The fraction of sp³-hybridized carbons (Fsp3) is 0.462. The van der Waals surface area contributed by atoms with Gasteiger partial charge in [0.25, 0.3) is 0 Å². The first-order chi connectivity index (χ1) is 7.90. The highest BCUT2D eigenvalue weighted by molar-refractivity contribution is 9.10. The van der Waals surface area contributed by atoms with Crippen LogP contribution in [-0.4, -0.2) is 11.4 Å². The first kappa shape index (κ1) is 12.6. The second kappa shape index (κ2) is 4.42. The molecule has 92 valence electrons. The van der Waals surface area contributed by atoms with E-state index in [-0.39, 0.29) is 11.9 Å². The average Bonchev–Trinajstić information content (AvgIpc) is 2.60. The predicted molar refractivity (Wildman–Crippen MR) is 71.6 cm³/mol. The number of carbonyl (C=O) groups is 1. The van der Waals surface area contributed by atoms with Gasteiger partial charge >= 0.3 is 0 Å². The maximum absolute atomic E-state index is 11.3. The summed E-state index contributed by atoms with van der Waals surface area (Å²) in [6.07, 6.45) is 2.06. The Hall–Kier alpha value is -0.870. The number of aryl methyl sites for hydroxylation is 1. The molecule has 0 spiro atoms. The van der Waals surface area contributed by atoms with Crippen LogP contribution in [0.2, 0.25) is 0 Å². The molecular weight excluding hydrogens is 280 g/mol. The zero-order valence-electron chi connectivity index (χ0n) is 10.1. The Morgan fingerprint density at radius 3 is 2.88 bits per heavy atom. The van der Waals surface area contributed by atoms with Crippen LogP contribution in [0.25, 0.3) is 0 Å². The number of fused-ring (bicyclic) bond motifs is 1. The SMILES string of the molecule is CC(C)(NC1CCc2cc(Br)ccc21)C(N)=O. The third-order valence-electron chi connectivity index (χ3n) is 3.33. The molecule has 0 saturated heterocycles. The van der Waals surface area contributed by atoms with E-state index >= 15 is 0 Å². The first-order valence-corrected chi connectivity index (χ1v) is 6.55. The third kappa shape index (κ3) is 2.53. The van der Waals surface area contributed by atoms with Crippen LogP contribution in [0.5, 0.6) is 0 Å². The summed E-state index contributed by atoms with van der Waals surface area (Å²) in [5.74, 6) is -0.317. The highest BCUT2D eigenvalue weighted by Crippen LogP contribution is 2.34. The molecule has 0 radical (unpaired) electrons. The highest BCUT2D eigenvalue weighted by atomic mass is 79.9. The molecule has 4 heteroatoms. The van der Waals surface area contributed by atoms with Gasteiger partial charge < -0.3 is 5.73 Å². The van der Waals surface area contributed by atoms with Crippen molar-refractivity contribution in [1.82, 2.24) is 5.32 Å². The lowest BCUT2D eigenvalue weighted by atomic mass is 10.0. The minimum absolute atomic E-state index is 0.223. The molecule has 3 N–H and O–H groups in total. The van der Waals surface area contributed by atoms with Gasteiger partial charge in [0, 0.05) is 10.5 Å². The van der Waals surface area contributed by atoms with Crippen molar-refractivity contribution in [1.29, 1.82) is 0 Å². The fourth-order valence-corrected chi connectivity index (χ4v) is 2.65. The molecule has 1 atom stereocenters. The van der Waals surface area contributed by atoms with E-state index < -0.39 is 5.54 Å². The Balaban J connectivity index is 2.20. The van der Waals surface area contributed by atoms with Crippen LogP contribution in [0.4, 0.5) is 0 Å². The summed E-state index contributed by atoms with van der Waals surface area (Å²) in [4.78, 5) is 11.3. The molecular formula is C13H17BrN2O. The van der Waals surface area contributed by atoms with Crippen molar-refractivity contribution < 1.29 is 4.79 Å². The van der Waals surface area contributed by atoms with Gasteiger partial charge in [0.05, 0.1) is 5.54 Å². The van der Waals surface area contributed by atoms with Gasteiger partial charge in [-0.25, -0.2) is 0 Å². The molecule has 0 fully saturated rings. The molecule has 0 aliphatic heterocycles. The standard InChI is InChI=1S/C13H17BrN2O/c1-13(2,12(15)17)16-11-6-3-8-7-9(14)4-5-10(8)11/h4-5,7,11,16H,3,6H2,1-2H3,(H2,15,17). The van der Waals surface area contributed by atoms with Crippen LogP contribution in [0.15, 0.2) is 22.7 Å². The Labute approximate surface area is 110 Å². The molecule has 1 aliphatic rings. The van der Waals surface area contributed by atoms with Gasteiger partial charge in [0.1, 0.15) is 0 Å². The Kier molecular flexibility index (Phi) is 3.27. The molecule has 0 bridgehead atoms. The lowest BCUT2D eigenvalue weighted by Gasteiger charge is -2.27. The summed E-state index contributed by atoms with van der Waals surface area (Å²) >= 11 is 3.47. The molecule has 3 nitrogen and oxygen atoms in total. The largest absolute Gasteiger partial charge is 0.368 e. The predicted octanol–water partition coefficient (Wildman–Crippen LogP) is 2.29. The number of halogens is 1. The van der Waals surface area contributed by atoms with Gasteiger partial charge in [-0.15, -0.1) is 0 Å². The molecule has 1 aromatic carbocycles. The summed E-state index contributed by atoms with van der Waals surface area (Å²) < 4.78 is 1.10. The normalized spacial score (nSPS) is 19.1. The number of hydrogen-bond donors (Lipinski definition) is 2. The van der Waals surface area contributed by atoms with Crippen molar-refractivity contribution in [2.24, 2.45) is 5.73 Å². The van der Waals surface area contributed by atoms with Gasteiger partial charge in [-0.2, -0.15) is 0 Å². The topological polar surface area (TPSA) is 55.1 Å². The quantitative estimate of drug-likeness (QED) is 0.899. The number of rotatable bonds is 3. The van der Waals surface area contributed by atoms with Crippen molar-refractivity contribution in [2.45, 2.75) is 38.3 Å². The van der Waals surface area contributed by atoms with Crippen LogP contribution in [0.3, 0.4) is 0 Å². The van der Waals surface area contributed by atoms with Gasteiger partial charge in [0.2, 0.25) is 5.91 Å². The lowest BCUT2D eigenvalue weighted by Crippen LogP contribution is -2.51. The van der Waals surface area contributed by atoms with Crippen molar-refractivity contribution in [3.8, 4) is 0 Å². The smallest absolute Gasteiger partial charge is 0.237 e. The second-order valence-corrected chi connectivity index (χ2v) is 5.98. The minimum atomic E-state index is -0.667. The maximum atomic E-state index is 11.3. The van der Waals surface area contributed by atoms with E-state index in [4.69, 9.17) is 5.73 Å². The van der Waals surface area contributed by atoms with Crippen LogP contribution >= 0.6 is 15.9 Å². The summed E-state index contributed by atoms with van der Waals surface area (Å²) in [5.41, 5.74) is 7.34. The second-order valence-electron chi connectivity index (χ2n) is 5.07. The number of amides is 1. The first-order valence-electron chi connectivity index (χ1n) is 5.76. The van der Waals surface area contributed by atoms with Crippen LogP contribution in [-0.2, 0) is 11.2 Å². The Morgan fingerprint density at radius 2 is 2.24 bits per heavy atom. The average molecular weight is 297 g/mol. The summed E-state index contributed by atoms with van der Waals surface area (Å²) in [6.45, 7) is 3.65. The van der Waals surface area contributed by atoms with Crippen LogP contribution in [0.1, 0.15) is 37.4 Å². The molecule has 0 aromatic heterocycles. The van der Waals surface area contributed by atoms with Crippen LogP contribution < -0.4 is 11.1 Å². The Bertz CT molecular complexity index is 457. The molecule has 17 heavy (non-hydrogen) atoms. The van der Waals surface area contributed by atoms with E-state index in [1.807, 2.05) is 19.9 Å². The monoisotopic (exact) mass is 296 g/mol. The van der Waals surface area contributed by atoms with Crippen molar-refractivity contribution >= 4 is 21.8 Å². The fourth-order valence-electron chi connectivity index (χ4n) is 2.24. The van der Waals surface area contributed by atoms with Gasteiger partial charge in [0.15, 0.2) is 0 Å². The van der Waals surface area contributed by atoms with Gasteiger partial charge in [-0.3, -0.25) is 10.1 Å². The number of primary amides is 1. The Morgan fingerprint density at radius 1 is 1.53 bits per heavy atom. The lowest BCUT2D eigenvalue weighted by molar-refractivity contribution is -0.123. The highest BCUT2D eigenvalue weighted by Gasteiger charge is 2.31. The van der Waals surface area contributed by atoms with E-state index in [1.165, 1.54) is 11.1 Å². The number of benzene rings is 1. The minimum Gasteiger partial charge on any atom is -0.368 e. The number of nitrogens with one attached hydrogen (secondary N) is 1. The van der Waals surface area contributed by atoms with E-state index in [9.17, 15) is 4.79 Å². The van der Waals surface area contributed by atoms with Crippen molar-refractivity contribution in [2.75, 3.05) is 0 Å². The number of carbonyl (C=O) groups excluding carboxylic acids is 1. The summed E-state index contributed by atoms with van der Waals surface area (Å²) in [6, 6.07) is 6.52. The zero-order valence-corrected chi connectivity index (χ0v) is 11.7. The molecule has 0 heterocycles. The number of nitrogens with two attached hydrogens (primary N) is 1. The van der Waals surface area contributed by atoms with Gasteiger partial charge in [-0.1, -0.05) is 22.0 Å². The van der Waals surface area contributed by atoms with E-state index in [0.29, 0.717) is 0 Å². The summed E-state index contributed by atoms with van der Waals surface area (Å²) in [5, 5.41) is 3.34. The molecule has 1 unspecified atom stereocenters.